The molecule has 27 heavy (non-hydrogen) atoms. The molecule has 0 saturated carbocycles. The Morgan fingerprint density at radius 1 is 1.48 bits per heavy atom. The SMILES string of the molecule is CC1=C(c2nnc(CO)o2)NC(C)(c2cc(Br)ccc2OCCN)C1C=O. The fraction of sp³-hybridized carbons (Fsp3) is 0.389. The first-order chi connectivity index (χ1) is 12.9. The highest BCUT2D eigenvalue weighted by atomic mass is 79.9. The van der Waals surface area contributed by atoms with Crippen molar-refractivity contribution in [2.24, 2.45) is 11.7 Å². The monoisotopic (exact) mass is 436 g/mol. The summed E-state index contributed by atoms with van der Waals surface area (Å²) < 4.78 is 12.1. The molecule has 0 radical (unpaired) electrons. The van der Waals surface area contributed by atoms with Crippen molar-refractivity contribution >= 4 is 27.9 Å². The topological polar surface area (TPSA) is 124 Å². The normalized spacial score (nSPS) is 22.0. The Hall–Kier alpha value is -2.23. The highest BCUT2D eigenvalue weighted by Gasteiger charge is 2.46. The summed E-state index contributed by atoms with van der Waals surface area (Å²) in [7, 11) is 0. The van der Waals surface area contributed by atoms with Gasteiger partial charge in [-0.25, -0.2) is 0 Å². The third-order valence-corrected chi connectivity index (χ3v) is 5.19. The Balaban J connectivity index is 2.06. The van der Waals surface area contributed by atoms with Crippen molar-refractivity contribution in [3.8, 4) is 5.75 Å². The highest BCUT2D eigenvalue weighted by Crippen LogP contribution is 2.46. The third-order valence-electron chi connectivity index (χ3n) is 4.70. The molecule has 4 N–H and O–H groups in total. The minimum absolute atomic E-state index is 0.109. The molecule has 0 spiro atoms. The van der Waals surface area contributed by atoms with Gasteiger partial charge in [-0.2, -0.15) is 0 Å². The number of hydrogen-bond acceptors (Lipinski definition) is 8. The second kappa shape index (κ2) is 7.79. The van der Waals surface area contributed by atoms with Gasteiger partial charge >= 0.3 is 0 Å². The van der Waals surface area contributed by atoms with E-state index in [0.717, 1.165) is 21.9 Å². The number of nitrogens with zero attached hydrogens (tertiary/aromatic N) is 2. The molecule has 1 aromatic carbocycles. The maximum absolute atomic E-state index is 12.0. The Bertz CT molecular complexity index is 882. The summed E-state index contributed by atoms with van der Waals surface area (Å²) >= 11 is 3.49. The van der Waals surface area contributed by atoms with Gasteiger partial charge in [0.15, 0.2) is 0 Å². The summed E-state index contributed by atoms with van der Waals surface area (Å²) in [4.78, 5) is 12.0. The fourth-order valence-electron chi connectivity index (χ4n) is 3.34. The number of ether oxygens (including phenoxy) is 1. The number of halogens is 1. The van der Waals surface area contributed by atoms with Crippen LogP contribution < -0.4 is 15.8 Å². The van der Waals surface area contributed by atoms with Gasteiger partial charge in [0, 0.05) is 16.6 Å². The van der Waals surface area contributed by atoms with Gasteiger partial charge < -0.3 is 30.1 Å². The lowest BCUT2D eigenvalue weighted by molar-refractivity contribution is -0.111. The molecule has 2 atom stereocenters. The largest absolute Gasteiger partial charge is 0.492 e. The maximum Gasteiger partial charge on any atom is 0.263 e. The van der Waals surface area contributed by atoms with Crippen LogP contribution in [0.2, 0.25) is 0 Å². The van der Waals surface area contributed by atoms with E-state index in [1.54, 1.807) is 0 Å². The number of nitrogens with two attached hydrogens (primary N) is 1. The average molecular weight is 437 g/mol. The predicted molar refractivity (Wildman–Crippen MR) is 102 cm³/mol. The van der Waals surface area contributed by atoms with E-state index in [0.29, 0.717) is 24.6 Å². The fourth-order valence-corrected chi connectivity index (χ4v) is 3.70. The lowest BCUT2D eigenvalue weighted by atomic mass is 9.79. The van der Waals surface area contributed by atoms with Gasteiger partial charge in [-0.15, -0.1) is 10.2 Å². The van der Waals surface area contributed by atoms with Crippen LogP contribution in [0.3, 0.4) is 0 Å². The highest BCUT2D eigenvalue weighted by molar-refractivity contribution is 9.10. The summed E-state index contributed by atoms with van der Waals surface area (Å²) in [5.41, 5.74) is 6.93. The molecule has 3 rings (SSSR count). The molecule has 8 nitrogen and oxygen atoms in total. The number of aromatic nitrogens is 2. The van der Waals surface area contributed by atoms with E-state index in [2.05, 4.69) is 31.4 Å². The Kier molecular flexibility index (Phi) is 5.64. The van der Waals surface area contributed by atoms with Gasteiger partial charge in [-0.05, 0) is 37.6 Å². The van der Waals surface area contributed by atoms with E-state index < -0.39 is 11.5 Å². The average Bonchev–Trinajstić information content (AvgIpc) is 3.23. The molecule has 144 valence electrons. The molecular formula is C18H21BrN4O4. The van der Waals surface area contributed by atoms with Crippen LogP contribution >= 0.6 is 15.9 Å². The van der Waals surface area contributed by atoms with Crippen LogP contribution in [0.5, 0.6) is 5.75 Å². The Morgan fingerprint density at radius 3 is 2.89 bits per heavy atom. The molecule has 1 aliphatic heterocycles. The number of benzene rings is 1. The van der Waals surface area contributed by atoms with Crippen LogP contribution in [0.25, 0.3) is 5.70 Å². The van der Waals surface area contributed by atoms with Crippen molar-refractivity contribution in [2.45, 2.75) is 26.0 Å². The minimum Gasteiger partial charge on any atom is -0.492 e. The van der Waals surface area contributed by atoms with Crippen LogP contribution in [-0.2, 0) is 16.9 Å². The van der Waals surface area contributed by atoms with Gasteiger partial charge in [-0.1, -0.05) is 15.9 Å². The zero-order chi connectivity index (χ0) is 19.6. The zero-order valence-corrected chi connectivity index (χ0v) is 16.6. The molecule has 0 fully saturated rings. The summed E-state index contributed by atoms with van der Waals surface area (Å²) in [5, 5.41) is 20.3. The summed E-state index contributed by atoms with van der Waals surface area (Å²) in [6.45, 7) is 4.15. The standard InChI is InChI=1S/C18H21BrN4O4/c1-10-13(8-24)18(2,21-16(10)17-23-22-15(9-25)27-17)12-7-11(19)3-4-14(12)26-6-5-20/h3-4,7-8,13,21,25H,5-6,9,20H2,1-2H3. The van der Waals surface area contributed by atoms with Crippen LogP contribution in [0.1, 0.15) is 31.2 Å². The molecule has 2 heterocycles. The van der Waals surface area contributed by atoms with E-state index in [1.807, 2.05) is 32.0 Å². The van der Waals surface area contributed by atoms with E-state index in [1.165, 1.54) is 0 Å². The van der Waals surface area contributed by atoms with E-state index >= 15 is 0 Å². The molecule has 2 aromatic rings. The van der Waals surface area contributed by atoms with Crippen molar-refractivity contribution < 1.29 is 19.1 Å². The minimum atomic E-state index is -0.789. The number of aldehydes is 1. The Labute approximate surface area is 164 Å². The molecule has 1 aliphatic rings. The number of nitrogens with one attached hydrogen (secondary N) is 1. The number of hydrogen-bond donors (Lipinski definition) is 3. The van der Waals surface area contributed by atoms with Crippen LogP contribution in [0.15, 0.2) is 32.7 Å². The van der Waals surface area contributed by atoms with Gasteiger partial charge in [-0.3, -0.25) is 0 Å². The summed E-state index contributed by atoms with van der Waals surface area (Å²) in [6.07, 6.45) is 0.895. The van der Waals surface area contributed by atoms with Crippen molar-refractivity contribution in [3.63, 3.8) is 0 Å². The number of aliphatic hydroxyl groups excluding tert-OH is 1. The molecule has 0 bridgehead atoms. The molecule has 0 aliphatic carbocycles. The molecule has 9 heteroatoms. The third kappa shape index (κ3) is 3.50. The summed E-state index contributed by atoms with van der Waals surface area (Å²) in [5.74, 6) is 0.497. The first-order valence-corrected chi connectivity index (χ1v) is 9.24. The predicted octanol–water partition coefficient (Wildman–Crippen LogP) is 1.73. The molecule has 0 saturated heterocycles. The van der Waals surface area contributed by atoms with Crippen LogP contribution in [0, 0.1) is 5.92 Å². The van der Waals surface area contributed by atoms with Crippen molar-refractivity contribution in [1.29, 1.82) is 0 Å². The lowest BCUT2D eigenvalue weighted by Crippen LogP contribution is -2.41. The van der Waals surface area contributed by atoms with Gasteiger partial charge in [0.05, 0.1) is 17.2 Å². The molecule has 2 unspecified atom stereocenters. The van der Waals surface area contributed by atoms with Gasteiger partial charge in [0.1, 0.15) is 25.2 Å². The Morgan fingerprint density at radius 2 is 2.26 bits per heavy atom. The molecular weight excluding hydrogens is 416 g/mol. The van der Waals surface area contributed by atoms with Crippen LogP contribution in [0.4, 0.5) is 0 Å². The number of aliphatic hydroxyl groups is 1. The smallest absolute Gasteiger partial charge is 0.263 e. The van der Waals surface area contributed by atoms with Crippen LogP contribution in [-0.4, -0.2) is 34.7 Å². The van der Waals surface area contributed by atoms with Crippen molar-refractivity contribution in [3.05, 3.63) is 45.6 Å². The van der Waals surface area contributed by atoms with Crippen molar-refractivity contribution in [1.82, 2.24) is 15.5 Å². The lowest BCUT2D eigenvalue weighted by Gasteiger charge is -2.33. The first kappa shape index (κ1) is 19.5. The number of carbonyl (C=O) groups is 1. The number of rotatable bonds is 7. The quantitative estimate of drug-likeness (QED) is 0.560. The first-order valence-electron chi connectivity index (χ1n) is 8.45. The zero-order valence-electron chi connectivity index (χ0n) is 15.0. The van der Waals surface area contributed by atoms with E-state index in [4.69, 9.17) is 20.0 Å². The van der Waals surface area contributed by atoms with Gasteiger partial charge in [0.2, 0.25) is 5.89 Å². The van der Waals surface area contributed by atoms with E-state index in [-0.39, 0.29) is 18.4 Å². The second-order valence-corrected chi connectivity index (χ2v) is 7.35. The van der Waals surface area contributed by atoms with Gasteiger partial charge in [0.25, 0.3) is 5.89 Å². The number of carbonyl (C=O) groups excluding carboxylic acids is 1. The maximum atomic E-state index is 12.0. The van der Waals surface area contributed by atoms with E-state index in [9.17, 15) is 4.79 Å². The second-order valence-electron chi connectivity index (χ2n) is 6.44. The molecule has 1 aromatic heterocycles. The van der Waals surface area contributed by atoms with Crippen molar-refractivity contribution in [2.75, 3.05) is 13.2 Å². The molecule has 0 amide bonds. The summed E-state index contributed by atoms with van der Waals surface area (Å²) in [6, 6.07) is 5.63.